The first-order valence-electron chi connectivity index (χ1n) is 19.5. The molecule has 0 bridgehead atoms. The van der Waals surface area contributed by atoms with E-state index in [1.165, 1.54) is 12.1 Å². The molecule has 0 aliphatic carbocycles. The molecule has 13 heteroatoms. The molecule has 0 radical (unpaired) electrons. The summed E-state index contributed by atoms with van der Waals surface area (Å²) in [4.78, 5) is 29.1. The van der Waals surface area contributed by atoms with E-state index in [1.807, 2.05) is 78.9 Å². The summed E-state index contributed by atoms with van der Waals surface area (Å²) in [5.74, 6) is -0.230. The third-order valence-electron chi connectivity index (χ3n) is 10.7. The molecule has 5 rings (SSSR count). The first-order valence-corrected chi connectivity index (χ1v) is 19.5. The Bertz CT molecular complexity index is 1830. The number of β-lactam (4-membered cyclic amide) rings is 1. The van der Waals surface area contributed by atoms with Gasteiger partial charge in [0.15, 0.2) is 0 Å². The van der Waals surface area contributed by atoms with Gasteiger partial charge in [-0.1, -0.05) is 66.7 Å². The van der Waals surface area contributed by atoms with Crippen molar-refractivity contribution in [3.63, 3.8) is 0 Å². The van der Waals surface area contributed by atoms with Crippen LogP contribution in [0.1, 0.15) is 66.5 Å². The second-order valence-corrected chi connectivity index (χ2v) is 14.7. The number of nitrogens with zero attached hydrogens (tertiary/aromatic N) is 1. The van der Waals surface area contributed by atoms with Gasteiger partial charge in [0.2, 0.25) is 11.8 Å². The lowest BCUT2D eigenvalue weighted by atomic mass is 9.78. The smallest absolute Gasteiger partial charge is 0.233 e. The minimum absolute atomic E-state index is 0.0591. The van der Waals surface area contributed by atoms with Gasteiger partial charge >= 0.3 is 0 Å². The van der Waals surface area contributed by atoms with E-state index >= 15 is 0 Å². The van der Waals surface area contributed by atoms with Crippen LogP contribution < -0.4 is 19.9 Å². The zero-order valence-electron chi connectivity index (χ0n) is 32.2. The molecule has 8 unspecified atom stereocenters. The van der Waals surface area contributed by atoms with Crippen LogP contribution in [0.4, 0.5) is 10.1 Å². The largest absolute Gasteiger partial charge is 0.497 e. The average Bonchev–Trinajstić information content (AvgIpc) is 3.23. The molecule has 1 saturated heterocycles. The first kappa shape index (κ1) is 43.4. The summed E-state index contributed by atoms with van der Waals surface area (Å²) in [5.41, 5.74) is 4.12. The van der Waals surface area contributed by atoms with Gasteiger partial charge in [-0.05, 0) is 78.8 Å². The SMILES string of the molecule is COc1ccc(C2C(CCC(O)c3ccc(F)cc3)C(=O)N2c2ccc(CNC(=O)CCCC[NH+](Cc3ccccc3)CC(O)C(O)C(O)C(O)CO)cc2)cc1. The fourth-order valence-corrected chi connectivity index (χ4v) is 7.34. The maximum Gasteiger partial charge on any atom is 0.233 e. The maximum absolute atomic E-state index is 13.6. The second-order valence-electron chi connectivity index (χ2n) is 14.7. The quantitative estimate of drug-likeness (QED) is 0.0438. The molecular formula is C44H55FN3O9+. The van der Waals surface area contributed by atoms with Gasteiger partial charge in [0.25, 0.3) is 0 Å². The molecule has 4 aromatic rings. The fourth-order valence-electron chi connectivity index (χ4n) is 7.34. The van der Waals surface area contributed by atoms with E-state index in [0.717, 1.165) is 21.6 Å². The molecule has 0 spiro atoms. The van der Waals surface area contributed by atoms with Gasteiger partial charge < -0.3 is 50.5 Å². The topological polar surface area (TPSA) is 184 Å². The Labute approximate surface area is 332 Å². The molecule has 1 aliphatic heterocycles. The summed E-state index contributed by atoms with van der Waals surface area (Å²) in [5, 5.41) is 63.6. The zero-order valence-corrected chi connectivity index (χ0v) is 32.2. The van der Waals surface area contributed by atoms with Gasteiger partial charge in [0.05, 0.1) is 38.3 Å². The van der Waals surface area contributed by atoms with Crippen molar-refractivity contribution in [2.24, 2.45) is 5.92 Å². The van der Waals surface area contributed by atoms with Gasteiger partial charge in [-0.15, -0.1) is 0 Å². The highest BCUT2D eigenvalue weighted by Gasteiger charge is 2.48. The number of aliphatic hydroxyl groups is 6. The zero-order chi connectivity index (χ0) is 40.9. The van der Waals surface area contributed by atoms with E-state index in [1.54, 1.807) is 24.1 Å². The van der Waals surface area contributed by atoms with Crippen molar-refractivity contribution in [1.29, 1.82) is 0 Å². The predicted octanol–water partition coefficient (Wildman–Crippen LogP) is 2.36. The van der Waals surface area contributed by atoms with Crippen molar-refractivity contribution in [2.45, 2.75) is 81.8 Å². The Morgan fingerprint density at radius 3 is 2.16 bits per heavy atom. The number of carbonyl (C=O) groups excluding carboxylic acids is 2. The molecule has 8 N–H and O–H groups in total. The Kier molecular flexibility index (Phi) is 16.1. The van der Waals surface area contributed by atoms with Gasteiger partial charge in [0, 0.05) is 24.2 Å². The maximum atomic E-state index is 13.6. The predicted molar refractivity (Wildman–Crippen MR) is 211 cm³/mol. The summed E-state index contributed by atoms with van der Waals surface area (Å²) < 4.78 is 18.7. The van der Waals surface area contributed by atoms with Gasteiger partial charge in [-0.25, -0.2) is 4.39 Å². The number of amides is 2. The van der Waals surface area contributed by atoms with E-state index in [2.05, 4.69) is 5.32 Å². The van der Waals surface area contributed by atoms with E-state index in [0.29, 0.717) is 62.3 Å². The highest BCUT2D eigenvalue weighted by Crippen LogP contribution is 2.46. The van der Waals surface area contributed by atoms with E-state index in [9.17, 15) is 39.5 Å². The Hall–Kier alpha value is -4.73. The monoisotopic (exact) mass is 788 g/mol. The molecule has 1 aliphatic rings. The minimum Gasteiger partial charge on any atom is -0.497 e. The number of hydrogen-bond donors (Lipinski definition) is 8. The normalized spacial score (nSPS) is 18.5. The fraction of sp³-hybridized carbons (Fsp3) is 0.409. The average molecular weight is 789 g/mol. The van der Waals surface area contributed by atoms with E-state index in [-0.39, 0.29) is 42.6 Å². The first-order chi connectivity index (χ1) is 27.5. The van der Waals surface area contributed by atoms with Crippen LogP contribution in [0.3, 0.4) is 0 Å². The van der Waals surface area contributed by atoms with Crippen molar-refractivity contribution in [2.75, 3.05) is 31.7 Å². The Morgan fingerprint density at radius 2 is 1.51 bits per heavy atom. The molecular weight excluding hydrogens is 733 g/mol. The van der Waals surface area contributed by atoms with Crippen LogP contribution >= 0.6 is 0 Å². The van der Waals surface area contributed by atoms with Gasteiger partial charge in [-0.3, -0.25) is 9.59 Å². The number of methoxy groups -OCH3 is 1. The van der Waals surface area contributed by atoms with Crippen LogP contribution in [-0.4, -0.2) is 93.7 Å². The number of halogens is 1. The number of quaternary nitrogens is 1. The molecule has 1 heterocycles. The standard InChI is InChI=1S/C44H54FN3O9/c1-57-35-20-14-32(15-21-35)41-36(22-23-37(50)31-12-16-33(45)17-13-31)44(56)48(41)34-18-10-29(11-19-34)25-46-40(53)9-5-6-24-47(26-30-7-3-2-4-8-30)27-38(51)42(54)43(55)39(52)28-49/h2-4,7-8,10-21,36-39,41-43,49-52,54-55H,5-6,9,22-28H2,1H3,(H,46,53)/p+1. The van der Waals surface area contributed by atoms with E-state index < -0.39 is 37.1 Å². The van der Waals surface area contributed by atoms with E-state index in [4.69, 9.17) is 9.84 Å². The summed E-state index contributed by atoms with van der Waals surface area (Å²) >= 11 is 0. The lowest BCUT2D eigenvalue weighted by molar-refractivity contribution is -0.917. The second kappa shape index (κ2) is 21.1. The van der Waals surface area contributed by atoms with Crippen LogP contribution in [0, 0.1) is 11.7 Å². The summed E-state index contributed by atoms with van der Waals surface area (Å²) in [6, 6.07) is 30.1. The summed E-state index contributed by atoms with van der Waals surface area (Å²) in [6.07, 6.45) is -4.80. The van der Waals surface area contributed by atoms with Gasteiger partial charge in [0.1, 0.15) is 49.1 Å². The lowest BCUT2D eigenvalue weighted by Gasteiger charge is -2.48. The number of ether oxygens (including phenoxy) is 1. The molecule has 12 nitrogen and oxygen atoms in total. The highest BCUT2D eigenvalue weighted by molar-refractivity contribution is 6.03. The molecule has 0 aromatic heterocycles. The number of benzene rings is 4. The molecule has 0 saturated carbocycles. The molecule has 57 heavy (non-hydrogen) atoms. The Morgan fingerprint density at radius 1 is 0.842 bits per heavy atom. The molecule has 2 amide bonds. The summed E-state index contributed by atoms with van der Waals surface area (Å²) in [6.45, 7) is 0.751. The van der Waals surface area contributed by atoms with Crippen LogP contribution in [0.15, 0.2) is 103 Å². The summed E-state index contributed by atoms with van der Waals surface area (Å²) in [7, 11) is 1.59. The van der Waals surface area contributed by atoms with Crippen molar-refractivity contribution in [3.8, 4) is 5.75 Å². The number of rotatable bonds is 22. The van der Waals surface area contributed by atoms with Crippen LogP contribution in [0.5, 0.6) is 5.75 Å². The highest BCUT2D eigenvalue weighted by atomic mass is 19.1. The third-order valence-corrected chi connectivity index (χ3v) is 10.7. The Balaban J connectivity index is 1.12. The third kappa shape index (κ3) is 11.9. The van der Waals surface area contributed by atoms with Crippen LogP contribution in [-0.2, 0) is 22.7 Å². The molecule has 8 atom stereocenters. The number of carbonyl (C=O) groups is 2. The number of hydrogen-bond acceptors (Lipinski definition) is 9. The molecule has 1 fully saturated rings. The van der Waals surface area contributed by atoms with Crippen molar-refractivity contribution < 1.29 is 54.3 Å². The van der Waals surface area contributed by atoms with Crippen LogP contribution in [0.25, 0.3) is 0 Å². The van der Waals surface area contributed by atoms with Crippen molar-refractivity contribution in [1.82, 2.24) is 5.32 Å². The number of unbranched alkanes of at least 4 members (excludes halogenated alkanes) is 1. The molecule has 306 valence electrons. The van der Waals surface area contributed by atoms with Crippen LogP contribution in [0.2, 0.25) is 0 Å². The minimum atomic E-state index is -1.70. The number of nitrogens with one attached hydrogen (secondary N) is 2. The van der Waals surface area contributed by atoms with Crippen molar-refractivity contribution in [3.05, 3.63) is 131 Å². The van der Waals surface area contributed by atoms with Crippen molar-refractivity contribution >= 4 is 17.5 Å². The number of aliphatic hydroxyl groups excluding tert-OH is 6. The van der Waals surface area contributed by atoms with Gasteiger partial charge in [-0.2, -0.15) is 0 Å². The lowest BCUT2D eigenvalue weighted by Crippen LogP contribution is -3.12. The number of anilines is 1. The molecule has 4 aromatic carbocycles.